The maximum absolute atomic E-state index is 5.44. The third-order valence-electron chi connectivity index (χ3n) is 3.54. The zero-order chi connectivity index (χ0) is 15.2. The molecule has 2 aromatic carbocycles. The molecule has 0 amide bonds. The van der Waals surface area contributed by atoms with Crippen molar-refractivity contribution in [3.63, 3.8) is 0 Å². The van der Waals surface area contributed by atoms with Crippen molar-refractivity contribution in [3.8, 4) is 11.5 Å². The number of anilines is 1. The molecule has 0 aliphatic heterocycles. The minimum atomic E-state index is 0.215. The summed E-state index contributed by atoms with van der Waals surface area (Å²) in [7, 11) is 3.35. The molecule has 0 aromatic heterocycles. The highest BCUT2D eigenvalue weighted by Gasteiger charge is 2.17. The molecular formula is C18H23NO2. The van der Waals surface area contributed by atoms with Gasteiger partial charge in [0.1, 0.15) is 11.5 Å². The Bertz CT molecular complexity index is 567. The van der Waals surface area contributed by atoms with Gasteiger partial charge in [0.15, 0.2) is 0 Å². The summed E-state index contributed by atoms with van der Waals surface area (Å²) in [5.41, 5.74) is 2.21. The Balaban J connectivity index is 2.33. The highest BCUT2D eigenvalue weighted by atomic mass is 16.5. The van der Waals surface area contributed by atoms with Gasteiger partial charge in [0.2, 0.25) is 0 Å². The zero-order valence-corrected chi connectivity index (χ0v) is 13.1. The van der Waals surface area contributed by atoms with Gasteiger partial charge in [0, 0.05) is 6.07 Å². The minimum Gasteiger partial charge on any atom is -0.497 e. The SMILES string of the molecule is COc1ccc(OC)c(NC(c2ccccc2)C(C)C)c1. The van der Waals surface area contributed by atoms with Crippen LogP contribution in [0, 0.1) is 5.92 Å². The molecule has 0 saturated heterocycles. The second kappa shape index (κ2) is 7.02. The van der Waals surface area contributed by atoms with E-state index in [-0.39, 0.29) is 6.04 Å². The van der Waals surface area contributed by atoms with Gasteiger partial charge in [0.05, 0.1) is 25.9 Å². The van der Waals surface area contributed by atoms with Crippen molar-refractivity contribution in [2.24, 2.45) is 5.92 Å². The Hall–Kier alpha value is -2.16. The van der Waals surface area contributed by atoms with E-state index in [2.05, 4.69) is 43.4 Å². The molecule has 0 radical (unpaired) electrons. The predicted octanol–water partition coefficient (Wildman–Crippen LogP) is 4.51. The van der Waals surface area contributed by atoms with Crippen molar-refractivity contribution < 1.29 is 9.47 Å². The van der Waals surface area contributed by atoms with E-state index in [1.54, 1.807) is 14.2 Å². The third-order valence-corrected chi connectivity index (χ3v) is 3.54. The van der Waals surface area contributed by atoms with Gasteiger partial charge in [-0.25, -0.2) is 0 Å². The number of rotatable bonds is 6. The summed E-state index contributed by atoms with van der Waals surface area (Å²) >= 11 is 0. The van der Waals surface area contributed by atoms with Crippen LogP contribution in [0.2, 0.25) is 0 Å². The van der Waals surface area contributed by atoms with E-state index in [9.17, 15) is 0 Å². The number of hydrogen-bond donors (Lipinski definition) is 1. The maximum Gasteiger partial charge on any atom is 0.142 e. The molecule has 1 N–H and O–H groups in total. The second-order valence-corrected chi connectivity index (χ2v) is 5.34. The van der Waals surface area contributed by atoms with Gasteiger partial charge in [-0.05, 0) is 23.6 Å². The van der Waals surface area contributed by atoms with Crippen molar-refractivity contribution >= 4 is 5.69 Å². The van der Waals surface area contributed by atoms with Crippen LogP contribution in [0.15, 0.2) is 48.5 Å². The molecule has 0 spiro atoms. The molecule has 1 atom stereocenters. The van der Waals surface area contributed by atoms with E-state index in [1.165, 1.54) is 5.56 Å². The van der Waals surface area contributed by atoms with Crippen molar-refractivity contribution in [2.75, 3.05) is 19.5 Å². The molecule has 0 aliphatic carbocycles. The zero-order valence-electron chi connectivity index (χ0n) is 13.1. The van der Waals surface area contributed by atoms with Crippen LogP contribution >= 0.6 is 0 Å². The van der Waals surface area contributed by atoms with Gasteiger partial charge < -0.3 is 14.8 Å². The van der Waals surface area contributed by atoms with E-state index < -0.39 is 0 Å². The van der Waals surface area contributed by atoms with E-state index in [1.807, 2.05) is 24.3 Å². The summed E-state index contributed by atoms with van der Waals surface area (Å²) in [5.74, 6) is 2.08. The predicted molar refractivity (Wildman–Crippen MR) is 87.2 cm³/mol. The van der Waals surface area contributed by atoms with Crippen LogP contribution in [0.25, 0.3) is 0 Å². The largest absolute Gasteiger partial charge is 0.497 e. The molecule has 112 valence electrons. The third kappa shape index (κ3) is 3.69. The van der Waals surface area contributed by atoms with Crippen molar-refractivity contribution in [1.29, 1.82) is 0 Å². The molecule has 0 heterocycles. The first-order chi connectivity index (χ1) is 10.2. The van der Waals surface area contributed by atoms with E-state index in [0.717, 1.165) is 17.2 Å². The maximum atomic E-state index is 5.44. The summed E-state index contributed by atoms with van der Waals surface area (Å²) in [6.07, 6.45) is 0. The fourth-order valence-electron chi connectivity index (χ4n) is 2.39. The Morgan fingerprint density at radius 3 is 2.19 bits per heavy atom. The lowest BCUT2D eigenvalue weighted by Gasteiger charge is -2.25. The number of hydrogen-bond acceptors (Lipinski definition) is 3. The average Bonchev–Trinajstić information content (AvgIpc) is 2.52. The van der Waals surface area contributed by atoms with Gasteiger partial charge in [-0.3, -0.25) is 0 Å². The summed E-state index contributed by atoms with van der Waals surface area (Å²) < 4.78 is 10.7. The van der Waals surface area contributed by atoms with E-state index in [4.69, 9.17) is 9.47 Å². The first-order valence-electron chi connectivity index (χ1n) is 7.19. The molecule has 2 aromatic rings. The topological polar surface area (TPSA) is 30.5 Å². The summed E-state index contributed by atoms with van der Waals surface area (Å²) in [5, 5.41) is 3.58. The molecule has 0 saturated carbocycles. The summed E-state index contributed by atoms with van der Waals surface area (Å²) in [6.45, 7) is 4.41. The molecule has 0 fully saturated rings. The van der Waals surface area contributed by atoms with Crippen LogP contribution < -0.4 is 14.8 Å². The lowest BCUT2D eigenvalue weighted by Crippen LogP contribution is -2.17. The lowest BCUT2D eigenvalue weighted by atomic mass is 9.95. The molecule has 2 rings (SSSR count). The Morgan fingerprint density at radius 1 is 0.905 bits per heavy atom. The van der Waals surface area contributed by atoms with Gasteiger partial charge in [0.25, 0.3) is 0 Å². The lowest BCUT2D eigenvalue weighted by molar-refractivity contribution is 0.403. The number of benzene rings is 2. The first kappa shape index (κ1) is 15.2. The van der Waals surface area contributed by atoms with Crippen LogP contribution in [0.4, 0.5) is 5.69 Å². The van der Waals surface area contributed by atoms with Gasteiger partial charge in [-0.2, -0.15) is 0 Å². The van der Waals surface area contributed by atoms with Crippen molar-refractivity contribution in [2.45, 2.75) is 19.9 Å². The molecule has 0 bridgehead atoms. The van der Waals surface area contributed by atoms with Crippen LogP contribution in [0.5, 0.6) is 11.5 Å². The van der Waals surface area contributed by atoms with Crippen molar-refractivity contribution in [3.05, 3.63) is 54.1 Å². The summed E-state index contributed by atoms with van der Waals surface area (Å²) in [4.78, 5) is 0. The van der Waals surface area contributed by atoms with E-state index in [0.29, 0.717) is 5.92 Å². The standard InChI is InChI=1S/C18H23NO2/c1-13(2)18(14-8-6-5-7-9-14)19-16-12-15(20-3)10-11-17(16)21-4/h5-13,18-19H,1-4H3. The van der Waals surface area contributed by atoms with Gasteiger partial charge in [-0.1, -0.05) is 44.2 Å². The highest BCUT2D eigenvalue weighted by Crippen LogP contribution is 2.34. The smallest absolute Gasteiger partial charge is 0.142 e. The highest BCUT2D eigenvalue weighted by molar-refractivity contribution is 5.60. The monoisotopic (exact) mass is 285 g/mol. The minimum absolute atomic E-state index is 0.215. The van der Waals surface area contributed by atoms with Crippen LogP contribution in [0.1, 0.15) is 25.5 Å². The number of ether oxygens (including phenoxy) is 2. The molecule has 21 heavy (non-hydrogen) atoms. The first-order valence-corrected chi connectivity index (χ1v) is 7.19. The fraction of sp³-hybridized carbons (Fsp3) is 0.333. The molecule has 1 unspecified atom stereocenters. The Kier molecular flexibility index (Phi) is 5.09. The van der Waals surface area contributed by atoms with Crippen LogP contribution in [-0.2, 0) is 0 Å². The quantitative estimate of drug-likeness (QED) is 0.847. The fourth-order valence-corrected chi connectivity index (χ4v) is 2.39. The number of methoxy groups -OCH3 is 2. The molecule has 3 nitrogen and oxygen atoms in total. The Labute approximate surface area is 126 Å². The van der Waals surface area contributed by atoms with E-state index >= 15 is 0 Å². The van der Waals surface area contributed by atoms with Crippen LogP contribution in [-0.4, -0.2) is 14.2 Å². The molecular weight excluding hydrogens is 262 g/mol. The van der Waals surface area contributed by atoms with Crippen molar-refractivity contribution in [1.82, 2.24) is 0 Å². The number of nitrogens with one attached hydrogen (secondary N) is 1. The second-order valence-electron chi connectivity index (χ2n) is 5.34. The normalized spacial score (nSPS) is 12.0. The Morgan fingerprint density at radius 2 is 1.62 bits per heavy atom. The molecule has 3 heteroatoms. The summed E-state index contributed by atoms with van der Waals surface area (Å²) in [6, 6.07) is 16.5. The van der Waals surface area contributed by atoms with Crippen LogP contribution in [0.3, 0.4) is 0 Å². The van der Waals surface area contributed by atoms with Gasteiger partial charge >= 0.3 is 0 Å². The molecule has 0 aliphatic rings. The van der Waals surface area contributed by atoms with Gasteiger partial charge in [-0.15, -0.1) is 0 Å². The average molecular weight is 285 g/mol.